The van der Waals surface area contributed by atoms with Crippen molar-refractivity contribution in [3.8, 4) is 0 Å². The highest BCUT2D eigenvalue weighted by atomic mass is 16.3. The number of carbonyl (C=O) groups is 1. The van der Waals surface area contributed by atoms with E-state index in [9.17, 15) is 9.70 Å². The van der Waals surface area contributed by atoms with E-state index < -0.39 is 0 Å². The van der Waals surface area contributed by atoms with Gasteiger partial charge in [0.05, 0.1) is 12.0 Å². The summed E-state index contributed by atoms with van der Waals surface area (Å²) in [6.07, 6.45) is 0. The highest BCUT2D eigenvalue weighted by Crippen LogP contribution is 2.26. The van der Waals surface area contributed by atoms with Gasteiger partial charge in [-0.1, -0.05) is 17.1 Å². The van der Waals surface area contributed by atoms with Crippen LogP contribution in [0, 0.1) is 4.91 Å². The molecule has 1 heterocycles. The van der Waals surface area contributed by atoms with E-state index in [4.69, 9.17) is 0 Å². The molecular formula is C8H7N2O2+. The molecule has 0 spiro atoms. The minimum absolute atomic E-state index is 0.249. The molecule has 1 amide bonds. The van der Waals surface area contributed by atoms with Crippen LogP contribution >= 0.6 is 0 Å². The van der Waals surface area contributed by atoms with E-state index in [2.05, 4.69) is 0 Å². The second-order valence-electron chi connectivity index (χ2n) is 2.62. The molecule has 0 atom stereocenters. The molecule has 0 saturated heterocycles. The summed E-state index contributed by atoms with van der Waals surface area (Å²) in [6, 6.07) is 6.75. The third kappa shape index (κ3) is 0.689. The molecule has 0 bridgehead atoms. The van der Waals surface area contributed by atoms with Crippen LogP contribution in [0.15, 0.2) is 24.3 Å². The lowest BCUT2D eigenvalue weighted by Gasteiger charge is -1.91. The second kappa shape index (κ2) is 2.14. The average Bonchev–Trinajstić information content (AvgIpc) is 2.33. The fourth-order valence-corrected chi connectivity index (χ4v) is 1.24. The maximum absolute atomic E-state index is 11.3. The van der Waals surface area contributed by atoms with E-state index in [1.807, 2.05) is 0 Å². The molecule has 4 nitrogen and oxygen atoms in total. The monoisotopic (exact) mass is 163 g/mol. The molecule has 1 aliphatic heterocycles. The molecule has 1 aromatic carbocycles. The van der Waals surface area contributed by atoms with Gasteiger partial charge in [-0.2, -0.15) is 0 Å². The molecule has 0 radical (unpaired) electrons. The van der Waals surface area contributed by atoms with E-state index >= 15 is 0 Å². The van der Waals surface area contributed by atoms with Gasteiger partial charge in [0.25, 0.3) is 0 Å². The normalized spacial score (nSPS) is 15.2. The zero-order valence-electron chi connectivity index (χ0n) is 6.52. The Hall–Kier alpha value is -1.71. The number of rotatable bonds is 0. The molecular weight excluding hydrogens is 156 g/mol. The second-order valence-corrected chi connectivity index (χ2v) is 2.62. The number of fused-ring (bicyclic) bond motifs is 1. The van der Waals surface area contributed by atoms with E-state index in [-0.39, 0.29) is 5.91 Å². The summed E-state index contributed by atoms with van der Waals surface area (Å²) in [5, 5.41) is 1.05. The SMILES string of the molecule is CN1C(=O)c2ccccc2[N+]1=O. The zero-order valence-corrected chi connectivity index (χ0v) is 6.52. The van der Waals surface area contributed by atoms with Crippen molar-refractivity contribution in [2.24, 2.45) is 0 Å². The van der Waals surface area contributed by atoms with Crippen LogP contribution in [-0.4, -0.2) is 22.8 Å². The Kier molecular flexibility index (Phi) is 1.24. The van der Waals surface area contributed by atoms with Crippen LogP contribution < -0.4 is 0 Å². The van der Waals surface area contributed by atoms with E-state index in [0.29, 0.717) is 16.1 Å². The lowest BCUT2D eigenvalue weighted by atomic mass is 10.2. The molecule has 4 heteroatoms. The van der Waals surface area contributed by atoms with E-state index in [1.165, 1.54) is 7.05 Å². The Bertz CT molecular complexity index is 338. The number of nitrogens with zero attached hydrogens (tertiary/aromatic N) is 2. The van der Waals surface area contributed by atoms with Crippen LogP contribution in [-0.2, 0) is 0 Å². The molecule has 0 saturated carbocycles. The lowest BCUT2D eigenvalue weighted by molar-refractivity contribution is -0.603. The topological polar surface area (TPSA) is 40.4 Å². The van der Waals surface area contributed by atoms with E-state index in [1.54, 1.807) is 24.3 Å². The molecule has 1 aromatic rings. The molecule has 0 unspecified atom stereocenters. The first-order chi connectivity index (χ1) is 5.72. The van der Waals surface area contributed by atoms with Crippen molar-refractivity contribution >= 4 is 11.6 Å². The Balaban J connectivity index is 2.67. The van der Waals surface area contributed by atoms with Crippen molar-refractivity contribution in [2.45, 2.75) is 0 Å². The number of nitroso groups, excluding NO2 is 1. The first kappa shape index (κ1) is 6.97. The fourth-order valence-electron chi connectivity index (χ4n) is 1.24. The smallest absolute Gasteiger partial charge is 0.263 e. The molecule has 0 N–H and O–H groups in total. The summed E-state index contributed by atoms with van der Waals surface area (Å²) < 4.78 is 0. The number of benzene rings is 1. The number of carbonyl (C=O) groups excluding carboxylic acids is 1. The zero-order chi connectivity index (χ0) is 8.72. The van der Waals surface area contributed by atoms with Crippen LogP contribution in [0.25, 0.3) is 0 Å². The summed E-state index contributed by atoms with van der Waals surface area (Å²) in [6.45, 7) is 0. The van der Waals surface area contributed by atoms with Crippen molar-refractivity contribution < 1.29 is 9.66 Å². The first-order valence-corrected chi connectivity index (χ1v) is 3.56. The van der Waals surface area contributed by atoms with Crippen LogP contribution in [0.3, 0.4) is 0 Å². The standard InChI is InChI=1S/C8H7N2O2/c1-9-8(11)6-4-2-3-5-7(6)10(9)12/h2-5H,1H3/q+1. The Morgan fingerprint density at radius 1 is 1.33 bits per heavy atom. The summed E-state index contributed by atoms with van der Waals surface area (Å²) in [5.41, 5.74) is 0.889. The Labute approximate surface area is 69.0 Å². The minimum atomic E-state index is -0.249. The quantitative estimate of drug-likeness (QED) is 0.537. The van der Waals surface area contributed by atoms with Gasteiger partial charge in [-0.3, -0.25) is 4.79 Å². The summed E-state index contributed by atoms with van der Waals surface area (Å²) >= 11 is 0. The maximum atomic E-state index is 11.3. The summed E-state index contributed by atoms with van der Waals surface area (Å²) in [4.78, 5) is 23.1. The van der Waals surface area contributed by atoms with Gasteiger partial charge in [0.2, 0.25) is 0 Å². The van der Waals surface area contributed by atoms with Crippen LogP contribution in [0.1, 0.15) is 10.4 Å². The predicted molar refractivity (Wildman–Crippen MR) is 41.8 cm³/mol. The van der Waals surface area contributed by atoms with Gasteiger partial charge in [-0.25, -0.2) is 0 Å². The van der Waals surface area contributed by atoms with Crippen molar-refractivity contribution in [3.05, 3.63) is 34.7 Å². The van der Waals surface area contributed by atoms with Gasteiger partial charge in [0, 0.05) is 6.07 Å². The molecule has 0 aromatic heterocycles. The fraction of sp³-hybridized carbons (Fsp3) is 0.125. The van der Waals surface area contributed by atoms with Crippen LogP contribution in [0.4, 0.5) is 5.69 Å². The predicted octanol–water partition coefficient (Wildman–Crippen LogP) is 1.10. The molecule has 12 heavy (non-hydrogen) atoms. The van der Waals surface area contributed by atoms with Gasteiger partial charge in [-0.05, 0) is 6.07 Å². The highest BCUT2D eigenvalue weighted by Gasteiger charge is 2.40. The number of hydrazine groups is 1. The molecule has 1 aliphatic rings. The number of para-hydroxylation sites is 1. The maximum Gasteiger partial charge on any atom is 0.319 e. The summed E-state index contributed by atoms with van der Waals surface area (Å²) in [5.74, 6) is -0.249. The Morgan fingerprint density at radius 3 is 2.67 bits per heavy atom. The van der Waals surface area contributed by atoms with Crippen molar-refractivity contribution in [1.82, 2.24) is 5.01 Å². The van der Waals surface area contributed by atoms with Gasteiger partial charge in [0.1, 0.15) is 5.56 Å². The van der Waals surface area contributed by atoms with Crippen LogP contribution in [0.5, 0.6) is 0 Å². The number of hydrogen-bond donors (Lipinski definition) is 0. The van der Waals surface area contributed by atoms with Gasteiger partial charge in [0.15, 0.2) is 4.87 Å². The third-order valence-corrected chi connectivity index (χ3v) is 1.91. The molecule has 2 rings (SSSR count). The molecule has 0 fully saturated rings. The van der Waals surface area contributed by atoms with Crippen molar-refractivity contribution in [1.29, 1.82) is 0 Å². The van der Waals surface area contributed by atoms with Gasteiger partial charge >= 0.3 is 11.6 Å². The van der Waals surface area contributed by atoms with Gasteiger partial charge < -0.3 is 0 Å². The average molecular weight is 163 g/mol. The number of amides is 1. The summed E-state index contributed by atoms with van der Waals surface area (Å²) in [7, 11) is 1.45. The largest absolute Gasteiger partial charge is 0.319 e. The van der Waals surface area contributed by atoms with Crippen LogP contribution in [0.2, 0.25) is 0 Å². The first-order valence-electron chi connectivity index (χ1n) is 3.56. The molecule has 60 valence electrons. The highest BCUT2D eigenvalue weighted by molar-refractivity contribution is 5.99. The molecule has 0 aliphatic carbocycles. The lowest BCUT2D eigenvalue weighted by Crippen LogP contribution is -2.24. The van der Waals surface area contributed by atoms with Crippen molar-refractivity contribution in [3.63, 3.8) is 0 Å². The third-order valence-electron chi connectivity index (χ3n) is 1.91. The minimum Gasteiger partial charge on any atom is -0.263 e. The van der Waals surface area contributed by atoms with E-state index in [0.717, 1.165) is 5.01 Å². The van der Waals surface area contributed by atoms with Gasteiger partial charge in [-0.15, -0.1) is 0 Å². The number of hydrogen-bond acceptors (Lipinski definition) is 2. The van der Waals surface area contributed by atoms with Crippen molar-refractivity contribution in [2.75, 3.05) is 7.05 Å². The Morgan fingerprint density at radius 2 is 2.00 bits per heavy atom.